The van der Waals surface area contributed by atoms with Gasteiger partial charge in [-0.1, -0.05) is 0 Å². The van der Waals surface area contributed by atoms with Crippen molar-refractivity contribution in [3.8, 4) is 0 Å². The summed E-state index contributed by atoms with van der Waals surface area (Å²) < 4.78 is 24.3. The molecule has 13 heavy (non-hydrogen) atoms. The van der Waals surface area contributed by atoms with Crippen LogP contribution in [0.25, 0.3) is 0 Å². The van der Waals surface area contributed by atoms with Gasteiger partial charge >= 0.3 is 0 Å². The number of rotatable bonds is 2. The topological polar surface area (TPSA) is 49.9 Å². The molecule has 0 aliphatic rings. The highest BCUT2D eigenvalue weighted by Gasteiger charge is 2.12. The van der Waals surface area contributed by atoms with Crippen molar-refractivity contribution >= 4 is 28.9 Å². The van der Waals surface area contributed by atoms with Gasteiger partial charge in [0.25, 0.3) is 12.0 Å². The van der Waals surface area contributed by atoms with Crippen LogP contribution in [0.3, 0.4) is 0 Å². The van der Waals surface area contributed by atoms with E-state index in [9.17, 15) is 18.4 Å². The first kappa shape index (κ1) is 10.3. The zero-order valence-corrected chi connectivity index (χ0v) is 8.34. The van der Waals surface area contributed by atoms with Crippen LogP contribution in [-0.2, 0) is 0 Å². The Labute approximate surface area is 85.3 Å². The number of alkyl halides is 2. The van der Waals surface area contributed by atoms with Crippen LogP contribution in [0, 0.1) is 3.57 Å². The average molecular weight is 299 g/mol. The Morgan fingerprint density at radius 3 is 2.62 bits per heavy atom. The van der Waals surface area contributed by atoms with E-state index >= 15 is 0 Å². The Bertz CT molecular complexity index is 389. The third-order valence-corrected chi connectivity index (χ3v) is 2.50. The second kappa shape index (κ2) is 3.95. The van der Waals surface area contributed by atoms with E-state index in [4.69, 9.17) is 0 Å². The number of pyridine rings is 1. The molecule has 1 rings (SSSR count). The number of nitrogens with one attached hydrogen (secondary N) is 1. The summed E-state index contributed by atoms with van der Waals surface area (Å²) in [6.45, 7) is 0. The Morgan fingerprint density at radius 2 is 2.15 bits per heavy atom. The third-order valence-electron chi connectivity index (χ3n) is 1.38. The van der Waals surface area contributed by atoms with Crippen LogP contribution < -0.4 is 5.56 Å². The van der Waals surface area contributed by atoms with Gasteiger partial charge < -0.3 is 4.98 Å². The molecule has 1 heterocycles. The normalized spacial score (nSPS) is 10.5. The number of H-pyrrole nitrogens is 1. The summed E-state index contributed by atoms with van der Waals surface area (Å²) in [5.74, 6) is 0. The maximum atomic E-state index is 12.1. The lowest BCUT2D eigenvalue weighted by atomic mass is 10.2. The zero-order chi connectivity index (χ0) is 10.0. The molecule has 0 radical (unpaired) electrons. The molecular formula is C7H4F2INO2. The second-order valence-corrected chi connectivity index (χ2v) is 3.32. The van der Waals surface area contributed by atoms with Crippen LogP contribution in [0.4, 0.5) is 8.78 Å². The number of hydrogen-bond donors (Lipinski definition) is 1. The minimum atomic E-state index is -2.77. The molecule has 0 amide bonds. The van der Waals surface area contributed by atoms with Gasteiger partial charge in [0.15, 0.2) is 6.29 Å². The van der Waals surface area contributed by atoms with E-state index in [1.165, 1.54) is 0 Å². The Kier molecular flexibility index (Phi) is 3.12. The maximum Gasteiger partial charge on any atom is 0.278 e. The molecule has 1 N–H and O–H groups in total. The number of carbonyl (C=O) groups is 1. The van der Waals surface area contributed by atoms with Gasteiger partial charge in [0, 0.05) is 5.56 Å². The third kappa shape index (κ3) is 2.11. The summed E-state index contributed by atoms with van der Waals surface area (Å²) in [7, 11) is 0. The van der Waals surface area contributed by atoms with Crippen LogP contribution in [-0.4, -0.2) is 11.3 Å². The van der Waals surface area contributed by atoms with Crippen molar-refractivity contribution in [1.82, 2.24) is 4.98 Å². The SMILES string of the molecule is O=Cc1cc(C(F)F)[nH]c(=O)c1I. The van der Waals surface area contributed by atoms with E-state index < -0.39 is 17.7 Å². The number of carbonyl (C=O) groups excluding carboxylic acids is 1. The van der Waals surface area contributed by atoms with Gasteiger partial charge in [-0.05, 0) is 28.7 Å². The van der Waals surface area contributed by atoms with Crippen LogP contribution in [0.15, 0.2) is 10.9 Å². The second-order valence-electron chi connectivity index (χ2n) is 2.24. The van der Waals surface area contributed by atoms with Crippen molar-refractivity contribution in [3.63, 3.8) is 0 Å². The van der Waals surface area contributed by atoms with Gasteiger partial charge in [0.1, 0.15) is 0 Å². The molecule has 3 nitrogen and oxygen atoms in total. The van der Waals surface area contributed by atoms with E-state index in [0.717, 1.165) is 6.07 Å². The van der Waals surface area contributed by atoms with Gasteiger partial charge in [-0.25, -0.2) is 8.78 Å². The average Bonchev–Trinajstić information content (AvgIpc) is 2.09. The molecule has 0 fully saturated rings. The Morgan fingerprint density at radius 1 is 1.54 bits per heavy atom. The fraction of sp³-hybridized carbons (Fsp3) is 0.143. The summed E-state index contributed by atoms with van der Waals surface area (Å²) in [5.41, 5.74) is -1.22. The van der Waals surface area contributed by atoms with Gasteiger partial charge in [-0.2, -0.15) is 0 Å². The number of aromatic nitrogens is 1. The summed E-state index contributed by atoms with van der Waals surface area (Å²) in [6.07, 6.45) is -2.40. The molecule has 0 unspecified atom stereocenters. The van der Waals surface area contributed by atoms with Crippen molar-refractivity contribution in [2.45, 2.75) is 6.43 Å². The molecule has 0 aromatic carbocycles. The molecule has 1 aromatic rings. The Hall–Kier alpha value is -0.790. The predicted octanol–water partition coefficient (Wildman–Crippen LogP) is 1.73. The molecule has 0 saturated heterocycles. The first-order valence-electron chi connectivity index (χ1n) is 3.22. The van der Waals surface area contributed by atoms with Crippen molar-refractivity contribution in [2.75, 3.05) is 0 Å². The maximum absolute atomic E-state index is 12.1. The van der Waals surface area contributed by atoms with Crippen LogP contribution >= 0.6 is 22.6 Å². The summed E-state index contributed by atoms with van der Waals surface area (Å²) >= 11 is 1.63. The van der Waals surface area contributed by atoms with Crippen molar-refractivity contribution in [3.05, 3.63) is 31.2 Å². The molecular weight excluding hydrogens is 295 g/mol. The molecule has 70 valence electrons. The first-order valence-corrected chi connectivity index (χ1v) is 4.30. The molecule has 0 bridgehead atoms. The summed E-state index contributed by atoms with van der Waals surface area (Å²) in [4.78, 5) is 23.3. The number of aldehydes is 1. The summed E-state index contributed by atoms with van der Waals surface area (Å²) in [5, 5.41) is 0. The number of aromatic amines is 1. The highest BCUT2D eigenvalue weighted by atomic mass is 127. The highest BCUT2D eigenvalue weighted by molar-refractivity contribution is 14.1. The molecule has 0 aliphatic heterocycles. The van der Waals surface area contributed by atoms with Gasteiger partial charge in [-0.3, -0.25) is 9.59 Å². The number of halogens is 3. The molecule has 0 spiro atoms. The van der Waals surface area contributed by atoms with Crippen molar-refractivity contribution < 1.29 is 13.6 Å². The van der Waals surface area contributed by atoms with E-state index in [1.54, 1.807) is 22.6 Å². The monoisotopic (exact) mass is 299 g/mol. The van der Waals surface area contributed by atoms with Gasteiger partial charge in [-0.15, -0.1) is 0 Å². The van der Waals surface area contributed by atoms with E-state index in [2.05, 4.69) is 0 Å². The zero-order valence-electron chi connectivity index (χ0n) is 6.18. The molecule has 6 heteroatoms. The summed E-state index contributed by atoms with van der Waals surface area (Å²) in [6, 6.07) is 0.973. The Balaban J connectivity index is 3.39. The largest absolute Gasteiger partial charge is 0.320 e. The predicted molar refractivity (Wildman–Crippen MR) is 50.1 cm³/mol. The fourth-order valence-corrected chi connectivity index (χ4v) is 1.21. The first-order chi connectivity index (χ1) is 6.06. The van der Waals surface area contributed by atoms with Crippen molar-refractivity contribution in [1.29, 1.82) is 0 Å². The number of hydrogen-bond acceptors (Lipinski definition) is 2. The van der Waals surface area contributed by atoms with Crippen LogP contribution in [0.2, 0.25) is 0 Å². The van der Waals surface area contributed by atoms with Crippen molar-refractivity contribution in [2.24, 2.45) is 0 Å². The molecule has 0 aliphatic carbocycles. The minimum absolute atomic E-state index is 0.0142. The van der Waals surface area contributed by atoms with Gasteiger partial charge in [0.05, 0.1) is 9.26 Å². The minimum Gasteiger partial charge on any atom is -0.320 e. The lowest BCUT2D eigenvalue weighted by Gasteiger charge is -2.01. The van der Waals surface area contributed by atoms with Gasteiger partial charge in [0.2, 0.25) is 0 Å². The van der Waals surface area contributed by atoms with E-state index in [1.807, 2.05) is 4.98 Å². The lowest BCUT2D eigenvalue weighted by molar-refractivity contribution is 0.112. The van der Waals surface area contributed by atoms with E-state index in [0.29, 0.717) is 6.29 Å². The van der Waals surface area contributed by atoms with Crippen LogP contribution in [0.1, 0.15) is 22.5 Å². The fourth-order valence-electron chi connectivity index (χ4n) is 0.787. The molecule has 0 saturated carbocycles. The molecule has 1 aromatic heterocycles. The highest BCUT2D eigenvalue weighted by Crippen LogP contribution is 2.16. The lowest BCUT2D eigenvalue weighted by Crippen LogP contribution is -2.15. The standard InChI is InChI=1S/C7H4F2INO2/c8-6(9)4-1-3(2-12)5(10)7(13)11-4/h1-2,6H,(H,11,13). The quantitative estimate of drug-likeness (QED) is 0.668. The smallest absolute Gasteiger partial charge is 0.278 e. The van der Waals surface area contributed by atoms with E-state index in [-0.39, 0.29) is 9.13 Å². The van der Waals surface area contributed by atoms with Crippen LogP contribution in [0.5, 0.6) is 0 Å². The molecule has 0 atom stereocenters.